The molecule has 0 aromatic heterocycles. The van der Waals surface area contributed by atoms with Gasteiger partial charge in [0.15, 0.2) is 0 Å². The van der Waals surface area contributed by atoms with E-state index in [0.717, 1.165) is 12.2 Å². The second-order valence-electron chi connectivity index (χ2n) is 1.98. The fraction of sp³-hybridized carbons (Fsp3) is 0. The van der Waals surface area contributed by atoms with Crippen molar-refractivity contribution in [3.05, 3.63) is 42.2 Å². The number of carbonyl (C=O) groups is 2. The lowest BCUT2D eigenvalue weighted by molar-refractivity contribution is -0.132. The molecule has 0 saturated heterocycles. The van der Waals surface area contributed by atoms with Gasteiger partial charge in [-0.05, 0) is 12.2 Å². The largest absolute Gasteiger partial charge is 0.478 e. The smallest absolute Gasteiger partial charge is 0.328 e. The van der Waals surface area contributed by atoms with Gasteiger partial charge in [0.2, 0.25) is 0 Å². The molecule has 68 valence electrons. The van der Waals surface area contributed by atoms with Crippen LogP contribution in [0, 0.1) is 0 Å². The third kappa shape index (κ3) is 6.34. The first-order valence-corrected chi connectivity index (χ1v) is 3.28. The number of hydrogen-bond acceptors (Lipinski definition) is 2. The van der Waals surface area contributed by atoms with Crippen molar-refractivity contribution in [3.63, 3.8) is 0 Å². The van der Waals surface area contributed by atoms with Crippen LogP contribution >= 0.6 is 0 Å². The minimum absolute atomic E-state index is 0.296. The molecule has 0 amide bonds. The minimum atomic E-state index is -1.11. The van der Waals surface area contributed by atoms with E-state index in [-0.39, 0.29) is 0 Å². The van der Waals surface area contributed by atoms with E-state index in [1.54, 1.807) is 0 Å². The molecule has 2 N–H and O–H groups in total. The van der Waals surface area contributed by atoms with Crippen molar-refractivity contribution in [2.24, 2.45) is 0 Å². The minimum Gasteiger partial charge on any atom is -0.478 e. The Balaban J connectivity index is 4.48. The topological polar surface area (TPSA) is 74.6 Å². The number of allylic oxidation sites excluding steroid dienone is 3. The fourth-order valence-electron chi connectivity index (χ4n) is 0.496. The molecule has 0 saturated carbocycles. The van der Waals surface area contributed by atoms with Gasteiger partial charge >= 0.3 is 11.9 Å². The summed E-state index contributed by atoms with van der Waals surface area (Å²) in [5.74, 6) is -2.23. The average Bonchev–Trinajstić information content (AvgIpc) is 2.04. The molecule has 0 aliphatic heterocycles. The number of carboxylic acid groups (broad SMARTS) is 2. The maximum Gasteiger partial charge on any atom is 0.328 e. The third-order valence-corrected chi connectivity index (χ3v) is 1.02. The average molecular weight is 180 g/mol. The molecule has 0 bridgehead atoms. The highest BCUT2D eigenvalue weighted by Crippen LogP contribution is 1.96. The van der Waals surface area contributed by atoms with Crippen LogP contribution in [0.25, 0.3) is 0 Å². The summed E-state index contributed by atoms with van der Waals surface area (Å²) in [5.41, 5.74) is 2.68. The molecule has 0 rings (SSSR count). The lowest BCUT2D eigenvalue weighted by Crippen LogP contribution is -1.88. The van der Waals surface area contributed by atoms with Gasteiger partial charge in [-0.2, -0.15) is 0 Å². The standard InChI is InChI=1S/C9H8O4/c1-2-7(3-5-8(10)11)4-6-9(12)13/h3-6H,1H2,(H,10,11)(H,12,13). The summed E-state index contributed by atoms with van der Waals surface area (Å²) in [6.45, 7) is 3.27. The van der Waals surface area contributed by atoms with E-state index in [0.29, 0.717) is 5.57 Å². The van der Waals surface area contributed by atoms with Gasteiger partial charge in [0.05, 0.1) is 0 Å². The van der Waals surface area contributed by atoms with Crippen LogP contribution < -0.4 is 0 Å². The normalized spacial score (nSPS) is 10.2. The lowest BCUT2D eigenvalue weighted by atomic mass is 10.2. The van der Waals surface area contributed by atoms with Crippen LogP contribution in [-0.2, 0) is 9.59 Å². The van der Waals surface area contributed by atoms with Gasteiger partial charge in [0, 0.05) is 17.7 Å². The zero-order valence-electron chi connectivity index (χ0n) is 6.73. The predicted molar refractivity (Wildman–Crippen MR) is 46.2 cm³/mol. The Morgan fingerprint density at radius 2 is 1.38 bits per heavy atom. The molecule has 0 aliphatic rings. The van der Waals surface area contributed by atoms with Gasteiger partial charge < -0.3 is 10.2 Å². The third-order valence-electron chi connectivity index (χ3n) is 1.02. The van der Waals surface area contributed by atoms with Crippen molar-refractivity contribution < 1.29 is 19.8 Å². The summed E-state index contributed by atoms with van der Waals surface area (Å²) in [5, 5.41) is 16.5. The van der Waals surface area contributed by atoms with Crippen molar-refractivity contribution in [2.45, 2.75) is 0 Å². The monoisotopic (exact) mass is 180 g/mol. The molecule has 0 aliphatic carbocycles. The van der Waals surface area contributed by atoms with Gasteiger partial charge in [0.25, 0.3) is 0 Å². The Labute approximate surface area is 74.8 Å². The van der Waals surface area contributed by atoms with Gasteiger partial charge in [-0.25, -0.2) is 9.59 Å². The SMILES string of the molecule is C=C=C(C=CC(=O)O)C=CC(=O)O. The highest BCUT2D eigenvalue weighted by atomic mass is 16.4. The number of hydrogen-bond donors (Lipinski definition) is 2. The number of aliphatic carboxylic acids is 2. The van der Waals surface area contributed by atoms with Crippen LogP contribution in [0.3, 0.4) is 0 Å². The highest BCUT2D eigenvalue weighted by molar-refractivity contribution is 5.82. The van der Waals surface area contributed by atoms with Crippen molar-refractivity contribution in [1.82, 2.24) is 0 Å². The van der Waals surface area contributed by atoms with Crippen molar-refractivity contribution in [2.75, 3.05) is 0 Å². The number of rotatable bonds is 4. The second kappa shape index (κ2) is 5.57. The van der Waals surface area contributed by atoms with Crippen molar-refractivity contribution in [1.29, 1.82) is 0 Å². The van der Waals surface area contributed by atoms with E-state index in [1.807, 2.05) is 0 Å². The van der Waals surface area contributed by atoms with E-state index in [2.05, 4.69) is 12.3 Å². The maximum absolute atomic E-state index is 10.1. The summed E-state index contributed by atoms with van der Waals surface area (Å²) in [6.07, 6.45) is 4.16. The quantitative estimate of drug-likeness (QED) is 0.384. The maximum atomic E-state index is 10.1. The molecule has 0 unspecified atom stereocenters. The van der Waals surface area contributed by atoms with Crippen molar-refractivity contribution >= 4 is 11.9 Å². The zero-order chi connectivity index (χ0) is 10.3. The van der Waals surface area contributed by atoms with Gasteiger partial charge in [-0.15, -0.1) is 5.73 Å². The highest BCUT2D eigenvalue weighted by Gasteiger charge is 1.89. The molecule has 0 spiro atoms. The molecular formula is C9H8O4. The molecule has 0 aromatic carbocycles. The first-order chi connectivity index (χ1) is 6.06. The zero-order valence-corrected chi connectivity index (χ0v) is 6.73. The molecule has 0 fully saturated rings. The van der Waals surface area contributed by atoms with Crippen molar-refractivity contribution in [3.8, 4) is 0 Å². The predicted octanol–water partition coefficient (Wildman–Crippen LogP) is 0.979. The Bertz CT molecular complexity index is 291. The van der Waals surface area contributed by atoms with Gasteiger partial charge in [-0.3, -0.25) is 0 Å². The van der Waals surface area contributed by atoms with E-state index in [4.69, 9.17) is 10.2 Å². The molecule has 13 heavy (non-hydrogen) atoms. The first kappa shape index (κ1) is 10.9. The molecule has 0 aromatic rings. The summed E-state index contributed by atoms with van der Waals surface area (Å²) in [6, 6.07) is 0. The van der Waals surface area contributed by atoms with E-state index in [9.17, 15) is 9.59 Å². The molecule has 4 heteroatoms. The first-order valence-electron chi connectivity index (χ1n) is 3.28. The summed E-state index contributed by atoms with van der Waals surface area (Å²) < 4.78 is 0. The van der Waals surface area contributed by atoms with Crippen LogP contribution in [0.4, 0.5) is 0 Å². The van der Waals surface area contributed by atoms with Crippen LogP contribution in [0.1, 0.15) is 0 Å². The fourth-order valence-corrected chi connectivity index (χ4v) is 0.496. The summed E-state index contributed by atoms with van der Waals surface area (Å²) in [7, 11) is 0. The van der Waals surface area contributed by atoms with Gasteiger partial charge in [0.1, 0.15) is 0 Å². The Kier molecular flexibility index (Phi) is 4.69. The summed E-state index contributed by atoms with van der Waals surface area (Å²) in [4.78, 5) is 20.1. The Hall–Kier alpha value is -2.06. The summed E-state index contributed by atoms with van der Waals surface area (Å²) >= 11 is 0. The van der Waals surface area contributed by atoms with E-state index in [1.165, 1.54) is 12.2 Å². The molecule has 4 nitrogen and oxygen atoms in total. The Morgan fingerprint density at radius 1 is 1.00 bits per heavy atom. The molecule has 0 heterocycles. The Morgan fingerprint density at radius 3 is 1.62 bits per heavy atom. The molecule has 0 atom stereocenters. The van der Waals surface area contributed by atoms with Gasteiger partial charge in [-0.1, -0.05) is 6.58 Å². The van der Waals surface area contributed by atoms with Crippen LogP contribution in [0.2, 0.25) is 0 Å². The van der Waals surface area contributed by atoms with Crippen LogP contribution in [0.5, 0.6) is 0 Å². The van der Waals surface area contributed by atoms with E-state index < -0.39 is 11.9 Å². The molecule has 0 radical (unpaired) electrons. The van der Waals surface area contributed by atoms with Crippen LogP contribution in [0.15, 0.2) is 42.2 Å². The van der Waals surface area contributed by atoms with Crippen LogP contribution in [-0.4, -0.2) is 22.2 Å². The van der Waals surface area contributed by atoms with E-state index >= 15 is 0 Å². The number of carboxylic acids is 2. The molecular weight excluding hydrogens is 172 g/mol. The second-order valence-corrected chi connectivity index (χ2v) is 1.98. The lowest BCUT2D eigenvalue weighted by Gasteiger charge is -1.85.